The summed E-state index contributed by atoms with van der Waals surface area (Å²) in [4.78, 5) is 18.1. The maximum atomic E-state index is 12.0. The predicted octanol–water partition coefficient (Wildman–Crippen LogP) is 1.08. The highest BCUT2D eigenvalue weighted by Crippen LogP contribution is 2.04. The third kappa shape index (κ3) is 5.72. The monoisotopic (exact) mass is 359 g/mol. The summed E-state index contributed by atoms with van der Waals surface area (Å²) in [6.07, 6.45) is 3.67. The Bertz CT molecular complexity index is 760. The van der Waals surface area contributed by atoms with E-state index in [1.165, 1.54) is 0 Å². The van der Waals surface area contributed by atoms with Crippen molar-refractivity contribution in [3.8, 4) is 0 Å². The van der Waals surface area contributed by atoms with Crippen LogP contribution in [-0.4, -0.2) is 64.1 Å². The third-order valence-electron chi connectivity index (χ3n) is 3.71. The lowest BCUT2D eigenvalue weighted by atomic mass is 10.1. The van der Waals surface area contributed by atoms with E-state index in [0.717, 1.165) is 30.9 Å². The number of amides is 1. The maximum Gasteiger partial charge on any atom is 0.240 e. The molecule has 0 aliphatic rings. The van der Waals surface area contributed by atoms with Crippen LogP contribution in [0.4, 0.5) is 0 Å². The molecular weight excluding hydrogens is 330 g/mol. The van der Waals surface area contributed by atoms with Crippen molar-refractivity contribution in [2.45, 2.75) is 39.2 Å². The molecule has 0 radical (unpaired) electrons. The Kier molecular flexibility index (Phi) is 6.54. The van der Waals surface area contributed by atoms with Gasteiger partial charge in [0.05, 0.1) is 6.54 Å². The van der Waals surface area contributed by atoms with E-state index >= 15 is 0 Å². The average molecular weight is 359 g/mol. The van der Waals surface area contributed by atoms with E-state index in [1.807, 2.05) is 61.5 Å². The van der Waals surface area contributed by atoms with Gasteiger partial charge in [-0.1, -0.05) is 6.07 Å². The van der Waals surface area contributed by atoms with Crippen molar-refractivity contribution in [3.63, 3.8) is 0 Å². The van der Waals surface area contributed by atoms with Gasteiger partial charge in [-0.15, -0.1) is 10.2 Å². The number of aliphatic imine (C=N–C) groups is 1. The molecule has 8 heteroatoms. The molecule has 2 aromatic heterocycles. The lowest BCUT2D eigenvalue weighted by Gasteiger charge is -2.25. The number of aryl methyl sites for hydroxylation is 1. The van der Waals surface area contributed by atoms with Crippen LogP contribution in [0.5, 0.6) is 0 Å². The number of aromatic nitrogens is 3. The molecule has 0 saturated heterocycles. The minimum Gasteiger partial charge on any atom is -0.356 e. The predicted molar refractivity (Wildman–Crippen MR) is 103 cm³/mol. The first-order valence-electron chi connectivity index (χ1n) is 8.81. The fourth-order valence-electron chi connectivity index (χ4n) is 2.64. The van der Waals surface area contributed by atoms with Crippen molar-refractivity contribution in [2.75, 3.05) is 27.2 Å². The van der Waals surface area contributed by atoms with Crippen molar-refractivity contribution >= 4 is 17.5 Å². The number of guanidine groups is 1. The molecule has 2 heterocycles. The first-order chi connectivity index (χ1) is 12.3. The van der Waals surface area contributed by atoms with Crippen LogP contribution in [0.1, 0.15) is 33.0 Å². The van der Waals surface area contributed by atoms with Crippen LogP contribution in [0, 0.1) is 0 Å². The Morgan fingerprint density at radius 2 is 2.08 bits per heavy atom. The van der Waals surface area contributed by atoms with Gasteiger partial charge in [0.1, 0.15) is 5.82 Å². The first kappa shape index (κ1) is 19.7. The molecule has 0 aromatic carbocycles. The number of hydrogen-bond donors (Lipinski definition) is 2. The van der Waals surface area contributed by atoms with Crippen molar-refractivity contribution in [3.05, 3.63) is 30.2 Å². The molecule has 2 N–H and O–H groups in total. The number of fused-ring (bicyclic) bond motifs is 1. The fourth-order valence-corrected chi connectivity index (χ4v) is 2.64. The van der Waals surface area contributed by atoms with Crippen LogP contribution < -0.4 is 10.6 Å². The quantitative estimate of drug-likeness (QED) is 0.458. The number of hydrogen-bond acceptors (Lipinski definition) is 4. The minimum absolute atomic E-state index is 0.0297. The second-order valence-corrected chi connectivity index (χ2v) is 7.28. The van der Waals surface area contributed by atoms with Gasteiger partial charge in [-0.3, -0.25) is 14.2 Å². The van der Waals surface area contributed by atoms with Gasteiger partial charge >= 0.3 is 0 Å². The number of nitrogens with one attached hydrogen (secondary N) is 2. The molecule has 142 valence electrons. The van der Waals surface area contributed by atoms with E-state index in [2.05, 4.69) is 25.8 Å². The largest absolute Gasteiger partial charge is 0.356 e. The van der Waals surface area contributed by atoms with Gasteiger partial charge in [-0.2, -0.15) is 0 Å². The molecule has 0 unspecified atom stereocenters. The average Bonchev–Trinajstić information content (AvgIpc) is 2.96. The van der Waals surface area contributed by atoms with E-state index in [-0.39, 0.29) is 18.0 Å². The smallest absolute Gasteiger partial charge is 0.240 e. The molecule has 0 fully saturated rings. The number of rotatable bonds is 6. The van der Waals surface area contributed by atoms with Crippen molar-refractivity contribution in [1.29, 1.82) is 0 Å². The summed E-state index contributed by atoms with van der Waals surface area (Å²) in [6.45, 7) is 6.88. The van der Waals surface area contributed by atoms with Gasteiger partial charge < -0.3 is 15.5 Å². The lowest BCUT2D eigenvalue weighted by molar-refractivity contribution is -0.122. The normalized spacial score (nSPS) is 12.3. The van der Waals surface area contributed by atoms with E-state index in [0.29, 0.717) is 5.96 Å². The van der Waals surface area contributed by atoms with Gasteiger partial charge in [-0.05, 0) is 39.3 Å². The summed E-state index contributed by atoms with van der Waals surface area (Å²) in [7, 11) is 3.57. The van der Waals surface area contributed by atoms with Gasteiger partial charge in [0.2, 0.25) is 5.91 Å². The zero-order valence-corrected chi connectivity index (χ0v) is 16.3. The van der Waals surface area contributed by atoms with E-state index in [4.69, 9.17) is 0 Å². The van der Waals surface area contributed by atoms with Crippen molar-refractivity contribution < 1.29 is 4.79 Å². The molecule has 0 aliphatic carbocycles. The summed E-state index contributed by atoms with van der Waals surface area (Å²) in [5.74, 6) is 1.60. The number of likely N-dealkylation sites (N-methyl/N-ethyl adjacent to an activating group) is 1. The van der Waals surface area contributed by atoms with Crippen molar-refractivity contribution in [1.82, 2.24) is 30.1 Å². The second-order valence-electron chi connectivity index (χ2n) is 7.28. The minimum atomic E-state index is -0.240. The molecule has 0 spiro atoms. The molecule has 0 bridgehead atoms. The first-order valence-corrected chi connectivity index (χ1v) is 8.81. The van der Waals surface area contributed by atoms with Gasteiger partial charge in [0.25, 0.3) is 0 Å². The summed E-state index contributed by atoms with van der Waals surface area (Å²) >= 11 is 0. The van der Waals surface area contributed by atoms with Gasteiger partial charge in [0, 0.05) is 38.8 Å². The number of pyridine rings is 1. The standard InChI is InChI=1S/C18H29N7O/c1-18(2,3)21-16(26)13-24(5)17(19-4)20-11-8-10-15-23-22-14-9-6-7-12-25(14)15/h6-7,9,12H,8,10-11,13H2,1-5H3,(H,19,20)(H,21,26). The summed E-state index contributed by atoms with van der Waals surface area (Å²) in [5, 5.41) is 14.6. The topological polar surface area (TPSA) is 86.9 Å². The van der Waals surface area contributed by atoms with Crippen molar-refractivity contribution in [2.24, 2.45) is 4.99 Å². The number of carbonyl (C=O) groups excluding carboxylic acids is 1. The zero-order chi connectivity index (χ0) is 19.2. The Morgan fingerprint density at radius 1 is 1.31 bits per heavy atom. The summed E-state index contributed by atoms with van der Waals surface area (Å²) in [6, 6.07) is 5.86. The highest BCUT2D eigenvalue weighted by Gasteiger charge is 2.16. The maximum absolute atomic E-state index is 12.0. The van der Waals surface area contributed by atoms with E-state index in [9.17, 15) is 4.79 Å². The highest BCUT2D eigenvalue weighted by atomic mass is 16.2. The number of carbonyl (C=O) groups is 1. The Hall–Kier alpha value is -2.64. The van der Waals surface area contributed by atoms with Gasteiger partial charge in [-0.25, -0.2) is 0 Å². The van der Waals surface area contributed by atoms with Crippen LogP contribution in [0.2, 0.25) is 0 Å². The van der Waals surface area contributed by atoms with Crippen LogP contribution in [-0.2, 0) is 11.2 Å². The SMILES string of the molecule is CN=C(NCCCc1nnc2ccccn12)N(C)CC(=O)NC(C)(C)C. The second kappa shape index (κ2) is 8.64. The third-order valence-corrected chi connectivity index (χ3v) is 3.71. The molecular formula is C18H29N7O. The van der Waals surface area contributed by atoms with Crippen LogP contribution in [0.15, 0.2) is 29.4 Å². The van der Waals surface area contributed by atoms with Crippen LogP contribution in [0.25, 0.3) is 5.65 Å². The van der Waals surface area contributed by atoms with E-state index in [1.54, 1.807) is 7.05 Å². The molecule has 1 amide bonds. The molecule has 8 nitrogen and oxygen atoms in total. The summed E-state index contributed by atoms with van der Waals surface area (Å²) in [5.41, 5.74) is 0.617. The van der Waals surface area contributed by atoms with Crippen LogP contribution >= 0.6 is 0 Å². The number of nitrogens with zero attached hydrogens (tertiary/aromatic N) is 5. The zero-order valence-electron chi connectivity index (χ0n) is 16.3. The molecule has 0 saturated carbocycles. The summed E-state index contributed by atoms with van der Waals surface area (Å²) < 4.78 is 2.00. The molecule has 0 atom stereocenters. The highest BCUT2D eigenvalue weighted by molar-refractivity contribution is 5.86. The Labute approximate surface area is 154 Å². The Morgan fingerprint density at radius 3 is 2.77 bits per heavy atom. The van der Waals surface area contributed by atoms with E-state index < -0.39 is 0 Å². The van der Waals surface area contributed by atoms with Gasteiger partial charge in [0.15, 0.2) is 11.6 Å². The molecule has 2 rings (SSSR count). The molecule has 0 aliphatic heterocycles. The fraction of sp³-hybridized carbons (Fsp3) is 0.556. The Balaban J connectivity index is 1.79. The molecule has 26 heavy (non-hydrogen) atoms. The van der Waals surface area contributed by atoms with Crippen LogP contribution in [0.3, 0.4) is 0 Å². The lowest BCUT2D eigenvalue weighted by Crippen LogP contribution is -2.48. The molecule has 2 aromatic rings.